The van der Waals surface area contributed by atoms with Crippen LogP contribution in [0.2, 0.25) is 5.02 Å². The van der Waals surface area contributed by atoms with Gasteiger partial charge in [0.2, 0.25) is 0 Å². The first kappa shape index (κ1) is 24.0. The molecule has 3 aromatic carbocycles. The van der Waals surface area contributed by atoms with Gasteiger partial charge in [0, 0.05) is 10.4 Å². The van der Waals surface area contributed by atoms with E-state index < -0.39 is 12.0 Å². The molecule has 0 saturated carbocycles. The smallest absolute Gasteiger partial charge is 0.338 e. The Morgan fingerprint density at radius 1 is 1.11 bits per heavy atom. The lowest BCUT2D eigenvalue weighted by atomic mass is 9.91. The second kappa shape index (κ2) is 9.76. The lowest BCUT2D eigenvalue weighted by molar-refractivity contribution is -0.139. The van der Waals surface area contributed by atoms with E-state index in [1.165, 1.54) is 11.3 Å². The summed E-state index contributed by atoms with van der Waals surface area (Å²) in [6.07, 6.45) is 1.81. The lowest BCUT2D eigenvalue weighted by Gasteiger charge is -2.26. The Morgan fingerprint density at radius 3 is 2.53 bits per heavy atom. The fourth-order valence-corrected chi connectivity index (χ4v) is 5.68. The Labute approximate surface area is 216 Å². The van der Waals surface area contributed by atoms with Crippen LogP contribution < -0.4 is 19.6 Å². The summed E-state index contributed by atoms with van der Waals surface area (Å²) in [5.74, 6) is 0.221. The summed E-state index contributed by atoms with van der Waals surface area (Å²) in [5, 5.41) is 2.39. The van der Waals surface area contributed by atoms with Crippen LogP contribution in [0.3, 0.4) is 0 Å². The van der Waals surface area contributed by atoms with Crippen LogP contribution in [0.15, 0.2) is 81.7 Å². The minimum atomic E-state index is -0.705. The fraction of sp³-hybridized carbons (Fsp3) is 0.179. The maximum Gasteiger partial charge on any atom is 0.338 e. The first-order valence-electron chi connectivity index (χ1n) is 11.4. The summed E-state index contributed by atoms with van der Waals surface area (Å²) in [6, 6.07) is 18.1. The van der Waals surface area contributed by atoms with E-state index >= 15 is 0 Å². The molecule has 1 atom stereocenters. The zero-order valence-electron chi connectivity index (χ0n) is 19.9. The van der Waals surface area contributed by atoms with Crippen molar-refractivity contribution in [3.8, 4) is 5.75 Å². The third-order valence-electron chi connectivity index (χ3n) is 6.12. The van der Waals surface area contributed by atoms with Gasteiger partial charge in [0.15, 0.2) is 4.80 Å². The van der Waals surface area contributed by atoms with E-state index in [0.29, 0.717) is 31.4 Å². The van der Waals surface area contributed by atoms with Gasteiger partial charge in [0.1, 0.15) is 5.75 Å². The highest BCUT2D eigenvalue weighted by Gasteiger charge is 2.34. The van der Waals surface area contributed by atoms with Gasteiger partial charge in [-0.1, -0.05) is 65.4 Å². The topological polar surface area (TPSA) is 69.9 Å². The number of esters is 1. The number of rotatable bonds is 5. The zero-order chi connectivity index (χ0) is 25.4. The van der Waals surface area contributed by atoms with E-state index in [-0.39, 0.29) is 12.2 Å². The predicted molar refractivity (Wildman–Crippen MR) is 142 cm³/mol. The Hall–Kier alpha value is -3.68. The molecule has 1 aliphatic rings. The van der Waals surface area contributed by atoms with Gasteiger partial charge in [-0.15, -0.1) is 0 Å². The number of allylic oxidation sites excluding steroid dienone is 1. The fourth-order valence-electron chi connectivity index (χ4n) is 4.51. The van der Waals surface area contributed by atoms with Crippen molar-refractivity contribution in [1.29, 1.82) is 0 Å². The third kappa shape index (κ3) is 4.14. The van der Waals surface area contributed by atoms with E-state index in [4.69, 9.17) is 21.1 Å². The van der Waals surface area contributed by atoms with Gasteiger partial charge in [-0.2, -0.15) is 0 Å². The molecule has 4 aromatic rings. The highest BCUT2D eigenvalue weighted by Crippen LogP contribution is 2.37. The average Bonchev–Trinajstić information content (AvgIpc) is 3.18. The molecule has 0 unspecified atom stereocenters. The second-order valence-electron chi connectivity index (χ2n) is 8.26. The molecule has 5 rings (SSSR count). The standard InChI is InChI=1S/C28H23ClN2O4S/c1-4-35-27(33)24-16(2)30-28-31(26(32)23(36-28)15-17-9-11-18(29)12-10-17)25(24)21-13-14-22(34-3)20-8-6-5-7-19(20)21/h5-15,25H,4H2,1-3H3/b23-15-/t25-/m0/s1. The minimum Gasteiger partial charge on any atom is -0.496 e. The molecule has 182 valence electrons. The number of methoxy groups -OCH3 is 1. The number of nitrogens with zero attached hydrogens (tertiary/aromatic N) is 2. The maximum absolute atomic E-state index is 13.8. The monoisotopic (exact) mass is 518 g/mol. The molecule has 0 spiro atoms. The number of thiazole rings is 1. The number of benzene rings is 3. The van der Waals surface area contributed by atoms with Crippen LogP contribution in [0.25, 0.3) is 16.8 Å². The van der Waals surface area contributed by atoms with Crippen LogP contribution in [0.1, 0.15) is 31.0 Å². The molecule has 0 bridgehead atoms. The maximum atomic E-state index is 13.8. The number of carbonyl (C=O) groups excluding carboxylic acids is 1. The largest absolute Gasteiger partial charge is 0.496 e. The molecule has 2 heterocycles. The highest BCUT2D eigenvalue weighted by atomic mass is 35.5. The Morgan fingerprint density at radius 2 is 1.83 bits per heavy atom. The van der Waals surface area contributed by atoms with E-state index in [0.717, 1.165) is 21.9 Å². The molecule has 0 aliphatic carbocycles. The average molecular weight is 519 g/mol. The molecule has 0 radical (unpaired) electrons. The van der Waals surface area contributed by atoms with E-state index in [2.05, 4.69) is 4.99 Å². The highest BCUT2D eigenvalue weighted by molar-refractivity contribution is 7.07. The molecule has 6 nitrogen and oxygen atoms in total. The molecule has 36 heavy (non-hydrogen) atoms. The normalized spacial score (nSPS) is 15.6. The molecule has 1 aliphatic heterocycles. The van der Waals surface area contributed by atoms with Crippen molar-refractivity contribution >= 4 is 45.8 Å². The van der Waals surface area contributed by atoms with Crippen LogP contribution in [0, 0.1) is 0 Å². The van der Waals surface area contributed by atoms with Crippen LogP contribution in [0.5, 0.6) is 5.75 Å². The second-order valence-corrected chi connectivity index (χ2v) is 9.70. The summed E-state index contributed by atoms with van der Waals surface area (Å²) < 4.78 is 13.1. The van der Waals surface area contributed by atoms with Crippen LogP contribution in [0.4, 0.5) is 0 Å². The lowest BCUT2D eigenvalue weighted by Crippen LogP contribution is -2.40. The molecule has 0 N–H and O–H groups in total. The van der Waals surface area contributed by atoms with Gasteiger partial charge in [-0.25, -0.2) is 9.79 Å². The molecular weight excluding hydrogens is 496 g/mol. The predicted octanol–water partition coefficient (Wildman–Crippen LogP) is 4.61. The van der Waals surface area contributed by atoms with Gasteiger partial charge in [0.05, 0.1) is 35.6 Å². The number of fused-ring (bicyclic) bond motifs is 2. The molecule has 8 heteroatoms. The van der Waals surface area contributed by atoms with Gasteiger partial charge in [-0.3, -0.25) is 9.36 Å². The molecule has 1 aromatic heterocycles. The summed E-state index contributed by atoms with van der Waals surface area (Å²) in [6.45, 7) is 3.75. The van der Waals surface area contributed by atoms with Gasteiger partial charge >= 0.3 is 5.97 Å². The third-order valence-corrected chi connectivity index (χ3v) is 7.35. The first-order chi connectivity index (χ1) is 17.4. The van der Waals surface area contributed by atoms with Crippen molar-refractivity contribution in [2.45, 2.75) is 19.9 Å². The summed E-state index contributed by atoms with van der Waals surface area (Å²) in [5.41, 5.74) is 2.28. The van der Waals surface area contributed by atoms with E-state index in [9.17, 15) is 9.59 Å². The molecular formula is C28H23ClN2O4S. The number of hydrogen-bond donors (Lipinski definition) is 0. The summed E-state index contributed by atoms with van der Waals surface area (Å²) >= 11 is 7.31. The quantitative estimate of drug-likeness (QED) is 0.362. The number of hydrogen-bond acceptors (Lipinski definition) is 6. The van der Waals surface area contributed by atoms with Gasteiger partial charge in [-0.05, 0) is 54.6 Å². The van der Waals surface area contributed by atoms with Crippen molar-refractivity contribution in [2.24, 2.45) is 4.99 Å². The summed E-state index contributed by atoms with van der Waals surface area (Å²) in [7, 11) is 1.62. The van der Waals surface area contributed by atoms with Crippen molar-refractivity contribution < 1.29 is 14.3 Å². The molecule has 0 saturated heterocycles. The zero-order valence-corrected chi connectivity index (χ0v) is 21.5. The Bertz CT molecular complexity index is 1700. The number of aromatic nitrogens is 1. The van der Waals surface area contributed by atoms with Gasteiger partial charge < -0.3 is 9.47 Å². The molecule has 0 amide bonds. The van der Waals surface area contributed by atoms with Crippen molar-refractivity contribution in [2.75, 3.05) is 13.7 Å². The number of halogens is 1. The Balaban J connectivity index is 1.81. The van der Waals surface area contributed by atoms with Crippen LogP contribution in [-0.2, 0) is 9.53 Å². The summed E-state index contributed by atoms with van der Waals surface area (Å²) in [4.78, 5) is 32.2. The van der Waals surface area contributed by atoms with Gasteiger partial charge in [0.25, 0.3) is 5.56 Å². The molecule has 0 fully saturated rings. The van der Waals surface area contributed by atoms with E-state index in [1.807, 2.05) is 54.6 Å². The Kier molecular flexibility index (Phi) is 6.51. The van der Waals surface area contributed by atoms with Crippen molar-refractivity contribution in [3.05, 3.63) is 108 Å². The van der Waals surface area contributed by atoms with E-state index in [1.54, 1.807) is 37.7 Å². The first-order valence-corrected chi connectivity index (χ1v) is 12.6. The SMILES string of the molecule is CCOC(=O)C1=C(C)N=c2s/c(=C\c3ccc(Cl)cc3)c(=O)n2[C@H]1c1ccc(OC)c2ccccc12. The van der Waals surface area contributed by atoms with Crippen LogP contribution >= 0.6 is 22.9 Å². The van der Waals surface area contributed by atoms with Crippen LogP contribution in [-0.4, -0.2) is 24.3 Å². The number of ether oxygens (including phenoxy) is 2. The number of carbonyl (C=O) groups is 1. The van der Waals surface area contributed by atoms with Crippen molar-refractivity contribution in [1.82, 2.24) is 4.57 Å². The van der Waals surface area contributed by atoms with Crippen molar-refractivity contribution in [3.63, 3.8) is 0 Å². The minimum absolute atomic E-state index is 0.215.